The van der Waals surface area contributed by atoms with Crippen molar-refractivity contribution >= 4 is 0 Å². The number of ether oxygens (including phenoxy) is 1. The smallest absolute Gasteiger partial charge is 0.109 e. The summed E-state index contributed by atoms with van der Waals surface area (Å²) in [6.45, 7) is 3.29. The van der Waals surface area contributed by atoms with E-state index in [2.05, 4.69) is 10.9 Å². The van der Waals surface area contributed by atoms with Crippen LogP contribution in [0.5, 0.6) is 0 Å². The van der Waals surface area contributed by atoms with E-state index in [0.717, 1.165) is 6.61 Å². The summed E-state index contributed by atoms with van der Waals surface area (Å²) >= 11 is 0. The molecule has 0 aliphatic rings. The Morgan fingerprint density at radius 1 is 1.57 bits per heavy atom. The normalized spacial score (nSPS) is 9.43. The van der Waals surface area contributed by atoms with Crippen molar-refractivity contribution < 1.29 is 4.74 Å². The third kappa shape index (κ3) is 5.88. The molecular formula is C4H12N2O. The summed E-state index contributed by atoms with van der Waals surface area (Å²) in [5, 5.41) is 0. The van der Waals surface area contributed by atoms with Gasteiger partial charge in [0.05, 0.1) is 0 Å². The van der Waals surface area contributed by atoms with E-state index in [0.29, 0.717) is 6.73 Å². The SMILES string of the molecule is CCOCNNC. The molecule has 7 heavy (non-hydrogen) atoms. The van der Waals surface area contributed by atoms with Gasteiger partial charge >= 0.3 is 0 Å². The van der Waals surface area contributed by atoms with Gasteiger partial charge in [-0.2, -0.15) is 0 Å². The molecule has 0 saturated carbocycles. The lowest BCUT2D eigenvalue weighted by molar-refractivity contribution is 0.120. The zero-order valence-electron chi connectivity index (χ0n) is 4.82. The van der Waals surface area contributed by atoms with Gasteiger partial charge in [-0.1, -0.05) is 0 Å². The Bertz CT molecular complexity index is 28.9. The van der Waals surface area contributed by atoms with E-state index in [1.165, 1.54) is 0 Å². The van der Waals surface area contributed by atoms with E-state index in [-0.39, 0.29) is 0 Å². The summed E-state index contributed by atoms with van der Waals surface area (Å²) in [5.74, 6) is 0. The Labute approximate surface area is 44.0 Å². The molecule has 0 fully saturated rings. The van der Waals surface area contributed by atoms with Gasteiger partial charge in [-0.25, -0.2) is 5.43 Å². The Kier molecular flexibility index (Phi) is 5.78. The summed E-state index contributed by atoms with van der Waals surface area (Å²) in [7, 11) is 1.80. The van der Waals surface area contributed by atoms with Gasteiger partial charge < -0.3 is 4.74 Å². The van der Waals surface area contributed by atoms with E-state index in [4.69, 9.17) is 4.74 Å². The minimum absolute atomic E-state index is 0.576. The van der Waals surface area contributed by atoms with Crippen molar-refractivity contribution in [3.63, 3.8) is 0 Å². The van der Waals surface area contributed by atoms with Crippen LogP contribution < -0.4 is 10.9 Å². The van der Waals surface area contributed by atoms with E-state index in [1.807, 2.05) is 6.92 Å². The summed E-state index contributed by atoms with van der Waals surface area (Å²) in [5.41, 5.74) is 5.50. The summed E-state index contributed by atoms with van der Waals surface area (Å²) < 4.78 is 4.90. The molecule has 3 nitrogen and oxygen atoms in total. The fraction of sp³-hybridized carbons (Fsp3) is 1.00. The highest BCUT2D eigenvalue weighted by molar-refractivity contribution is 4.15. The molecule has 0 aromatic heterocycles. The monoisotopic (exact) mass is 104 g/mol. The first kappa shape index (κ1) is 6.88. The van der Waals surface area contributed by atoms with Gasteiger partial charge in [0.15, 0.2) is 0 Å². The minimum atomic E-state index is 0.576. The molecule has 3 heteroatoms. The van der Waals surface area contributed by atoms with Crippen LogP contribution in [0.3, 0.4) is 0 Å². The van der Waals surface area contributed by atoms with Crippen molar-refractivity contribution in [1.82, 2.24) is 10.9 Å². The third-order valence-corrected chi connectivity index (χ3v) is 0.555. The molecule has 0 bridgehead atoms. The molecule has 0 saturated heterocycles. The first-order valence-electron chi connectivity index (χ1n) is 2.39. The summed E-state index contributed by atoms with van der Waals surface area (Å²) in [6.07, 6.45) is 0. The van der Waals surface area contributed by atoms with Gasteiger partial charge in [0, 0.05) is 6.61 Å². The zero-order valence-corrected chi connectivity index (χ0v) is 4.82. The number of hydrogen-bond acceptors (Lipinski definition) is 3. The average Bonchev–Trinajstić information content (AvgIpc) is 1.69. The van der Waals surface area contributed by atoms with Crippen LogP contribution in [0, 0.1) is 0 Å². The maximum atomic E-state index is 4.90. The van der Waals surface area contributed by atoms with Gasteiger partial charge in [-0.05, 0) is 14.0 Å². The predicted octanol–water partition coefficient (Wildman–Crippen LogP) is -0.296. The maximum absolute atomic E-state index is 4.90. The third-order valence-electron chi connectivity index (χ3n) is 0.555. The summed E-state index contributed by atoms with van der Waals surface area (Å²) in [6, 6.07) is 0. The van der Waals surface area contributed by atoms with Crippen molar-refractivity contribution in [2.75, 3.05) is 20.4 Å². The second kappa shape index (κ2) is 5.88. The van der Waals surface area contributed by atoms with Gasteiger partial charge in [-0.15, -0.1) is 0 Å². The molecule has 2 N–H and O–H groups in total. The molecule has 0 aliphatic heterocycles. The van der Waals surface area contributed by atoms with Crippen LogP contribution in [0.15, 0.2) is 0 Å². The van der Waals surface area contributed by atoms with Crippen molar-refractivity contribution in [2.24, 2.45) is 0 Å². The topological polar surface area (TPSA) is 33.3 Å². The van der Waals surface area contributed by atoms with Crippen LogP contribution in [-0.2, 0) is 4.74 Å². The number of hydrogen-bond donors (Lipinski definition) is 2. The van der Waals surface area contributed by atoms with Crippen LogP contribution in [0.4, 0.5) is 0 Å². The number of nitrogens with one attached hydrogen (secondary N) is 2. The lowest BCUT2D eigenvalue weighted by Crippen LogP contribution is -2.29. The highest BCUT2D eigenvalue weighted by Crippen LogP contribution is 1.62. The van der Waals surface area contributed by atoms with Crippen LogP contribution in [-0.4, -0.2) is 20.4 Å². The van der Waals surface area contributed by atoms with Crippen LogP contribution in [0.2, 0.25) is 0 Å². The van der Waals surface area contributed by atoms with Gasteiger partial charge in [0.25, 0.3) is 0 Å². The second-order valence-corrected chi connectivity index (χ2v) is 1.06. The molecular weight excluding hydrogens is 92.1 g/mol. The Morgan fingerprint density at radius 2 is 2.29 bits per heavy atom. The molecule has 0 aromatic carbocycles. The molecule has 0 heterocycles. The fourth-order valence-corrected chi connectivity index (χ4v) is 0.225. The lowest BCUT2D eigenvalue weighted by Gasteiger charge is -1.99. The fourth-order valence-electron chi connectivity index (χ4n) is 0.225. The Hall–Kier alpha value is -0.120. The van der Waals surface area contributed by atoms with E-state index < -0.39 is 0 Å². The zero-order chi connectivity index (χ0) is 5.54. The molecule has 0 radical (unpaired) electrons. The van der Waals surface area contributed by atoms with Gasteiger partial charge in [0.1, 0.15) is 6.73 Å². The molecule has 44 valence electrons. The quantitative estimate of drug-likeness (QED) is 0.292. The van der Waals surface area contributed by atoms with E-state index in [1.54, 1.807) is 7.05 Å². The predicted molar refractivity (Wildman–Crippen MR) is 28.7 cm³/mol. The molecule has 0 unspecified atom stereocenters. The first-order chi connectivity index (χ1) is 3.41. The highest BCUT2D eigenvalue weighted by Gasteiger charge is 1.74. The Balaban J connectivity index is 2.45. The molecule has 0 aliphatic carbocycles. The van der Waals surface area contributed by atoms with Crippen molar-refractivity contribution in [3.05, 3.63) is 0 Å². The standard InChI is InChI=1S/C4H12N2O/c1-3-7-4-6-5-2/h5-6H,3-4H2,1-2H3. The minimum Gasteiger partial charge on any atom is -0.365 e. The van der Waals surface area contributed by atoms with Crippen LogP contribution in [0.1, 0.15) is 6.92 Å². The molecule has 0 rings (SSSR count). The maximum Gasteiger partial charge on any atom is 0.109 e. The van der Waals surface area contributed by atoms with Crippen molar-refractivity contribution in [2.45, 2.75) is 6.92 Å². The highest BCUT2D eigenvalue weighted by atomic mass is 16.5. The van der Waals surface area contributed by atoms with Gasteiger partial charge in [0.2, 0.25) is 0 Å². The molecule has 0 amide bonds. The van der Waals surface area contributed by atoms with Gasteiger partial charge in [-0.3, -0.25) is 5.43 Å². The van der Waals surface area contributed by atoms with E-state index in [9.17, 15) is 0 Å². The largest absolute Gasteiger partial charge is 0.365 e. The summed E-state index contributed by atoms with van der Waals surface area (Å²) in [4.78, 5) is 0. The first-order valence-corrected chi connectivity index (χ1v) is 2.39. The average molecular weight is 104 g/mol. The molecule has 0 atom stereocenters. The lowest BCUT2D eigenvalue weighted by atomic mass is 10.9. The second-order valence-electron chi connectivity index (χ2n) is 1.06. The van der Waals surface area contributed by atoms with Crippen molar-refractivity contribution in [1.29, 1.82) is 0 Å². The number of rotatable bonds is 4. The van der Waals surface area contributed by atoms with Crippen molar-refractivity contribution in [3.8, 4) is 0 Å². The molecule has 0 aromatic rings. The Morgan fingerprint density at radius 3 is 2.71 bits per heavy atom. The number of hydrazine groups is 1. The van der Waals surface area contributed by atoms with E-state index >= 15 is 0 Å². The molecule has 0 spiro atoms. The van der Waals surface area contributed by atoms with Crippen LogP contribution in [0.25, 0.3) is 0 Å². The van der Waals surface area contributed by atoms with Crippen LogP contribution >= 0.6 is 0 Å².